The van der Waals surface area contributed by atoms with Gasteiger partial charge in [0.1, 0.15) is 5.82 Å². The van der Waals surface area contributed by atoms with Gasteiger partial charge in [0.05, 0.1) is 11.8 Å². The molecule has 2 aliphatic rings. The van der Waals surface area contributed by atoms with Gasteiger partial charge in [0.25, 0.3) is 0 Å². The SMILES string of the molecule is C=C(Nc1ccc(N2CCN(C(=C)CC)CC2)cc1)c1cnn2ccc(N3CCCC3)nc12. The van der Waals surface area contributed by atoms with E-state index in [0.29, 0.717) is 0 Å². The molecule has 7 heteroatoms. The first-order valence-electron chi connectivity index (χ1n) is 12.0. The quantitative estimate of drug-likeness (QED) is 0.582. The van der Waals surface area contributed by atoms with E-state index in [9.17, 15) is 0 Å². The van der Waals surface area contributed by atoms with Crippen molar-refractivity contribution in [3.63, 3.8) is 0 Å². The summed E-state index contributed by atoms with van der Waals surface area (Å²) < 4.78 is 1.82. The van der Waals surface area contributed by atoms with Gasteiger partial charge in [0.15, 0.2) is 5.65 Å². The summed E-state index contributed by atoms with van der Waals surface area (Å²) in [5.41, 5.74) is 6.06. The maximum absolute atomic E-state index is 4.89. The molecular weight excluding hydrogens is 410 g/mol. The third kappa shape index (κ3) is 4.40. The molecule has 0 unspecified atom stereocenters. The molecule has 0 bridgehead atoms. The second-order valence-corrected chi connectivity index (χ2v) is 8.85. The number of aromatic nitrogens is 3. The zero-order valence-corrected chi connectivity index (χ0v) is 19.5. The number of piperazine rings is 1. The number of hydrogen-bond acceptors (Lipinski definition) is 6. The van der Waals surface area contributed by atoms with Crippen molar-refractivity contribution < 1.29 is 0 Å². The van der Waals surface area contributed by atoms with Crippen LogP contribution in [0.5, 0.6) is 0 Å². The molecule has 0 atom stereocenters. The topological polar surface area (TPSA) is 51.9 Å². The molecule has 5 rings (SSSR count). The molecular formula is C26H33N7. The van der Waals surface area contributed by atoms with Crippen LogP contribution in [0.2, 0.25) is 0 Å². The number of fused-ring (bicyclic) bond motifs is 1. The van der Waals surface area contributed by atoms with E-state index in [2.05, 4.69) is 69.5 Å². The van der Waals surface area contributed by atoms with E-state index in [1.54, 1.807) is 0 Å². The fourth-order valence-electron chi connectivity index (χ4n) is 4.70. The second kappa shape index (κ2) is 9.17. The number of nitrogens with zero attached hydrogens (tertiary/aromatic N) is 6. The highest BCUT2D eigenvalue weighted by molar-refractivity contribution is 5.82. The predicted octanol–water partition coefficient (Wildman–Crippen LogP) is 4.46. The summed E-state index contributed by atoms with van der Waals surface area (Å²) in [6.07, 6.45) is 7.30. The molecule has 2 fully saturated rings. The molecule has 4 heterocycles. The van der Waals surface area contributed by atoms with E-state index in [1.165, 1.54) is 24.2 Å². The number of hydrogen-bond donors (Lipinski definition) is 1. The second-order valence-electron chi connectivity index (χ2n) is 8.85. The summed E-state index contributed by atoms with van der Waals surface area (Å²) in [5.74, 6) is 1.02. The van der Waals surface area contributed by atoms with Crippen LogP contribution in [0.4, 0.5) is 17.2 Å². The van der Waals surface area contributed by atoms with Crippen LogP contribution in [-0.4, -0.2) is 58.8 Å². The van der Waals surface area contributed by atoms with Crippen LogP contribution in [0.25, 0.3) is 11.3 Å². The maximum Gasteiger partial charge on any atom is 0.166 e. The van der Waals surface area contributed by atoms with Gasteiger partial charge < -0.3 is 20.0 Å². The van der Waals surface area contributed by atoms with Gasteiger partial charge in [0.2, 0.25) is 0 Å². The van der Waals surface area contributed by atoms with Gasteiger partial charge in [0, 0.05) is 68.2 Å². The van der Waals surface area contributed by atoms with E-state index in [-0.39, 0.29) is 0 Å². The van der Waals surface area contributed by atoms with Gasteiger partial charge in [-0.05, 0) is 49.6 Å². The Labute approximate surface area is 196 Å². The van der Waals surface area contributed by atoms with E-state index >= 15 is 0 Å². The van der Waals surface area contributed by atoms with E-state index in [4.69, 9.17) is 4.98 Å². The summed E-state index contributed by atoms with van der Waals surface area (Å²) in [4.78, 5) is 12.1. The first kappa shape index (κ1) is 21.4. The summed E-state index contributed by atoms with van der Waals surface area (Å²) in [7, 11) is 0. The van der Waals surface area contributed by atoms with Crippen LogP contribution in [0.15, 0.2) is 61.6 Å². The number of benzene rings is 1. The summed E-state index contributed by atoms with van der Waals surface area (Å²) in [6.45, 7) is 16.9. The molecule has 7 nitrogen and oxygen atoms in total. The van der Waals surface area contributed by atoms with Gasteiger partial charge >= 0.3 is 0 Å². The summed E-state index contributed by atoms with van der Waals surface area (Å²) in [5, 5.41) is 7.91. The Morgan fingerprint density at radius 2 is 1.67 bits per heavy atom. The van der Waals surface area contributed by atoms with Gasteiger partial charge in [-0.15, -0.1) is 0 Å². The van der Waals surface area contributed by atoms with Crippen LogP contribution in [0, 0.1) is 0 Å². The standard InChI is InChI=1S/C26H33N7/c1-4-20(2)30-15-17-31(18-16-30)23-9-7-22(8-10-23)28-21(3)24-19-27-33-14-11-25(29-26(24)33)32-12-5-6-13-32/h7-11,14,19,28H,2-6,12-13,15-18H2,1H3. The van der Waals surface area contributed by atoms with Crippen molar-refractivity contribution in [1.82, 2.24) is 19.5 Å². The Kier molecular flexibility index (Phi) is 5.94. The lowest BCUT2D eigenvalue weighted by atomic mass is 10.2. The van der Waals surface area contributed by atoms with Crippen LogP contribution < -0.4 is 15.1 Å². The minimum atomic E-state index is 0.801. The molecule has 2 aromatic heterocycles. The van der Waals surface area contributed by atoms with Crippen molar-refractivity contribution in [3.05, 3.63) is 67.1 Å². The van der Waals surface area contributed by atoms with Crippen molar-refractivity contribution in [2.75, 3.05) is 54.4 Å². The number of anilines is 3. The monoisotopic (exact) mass is 443 g/mol. The fourth-order valence-corrected chi connectivity index (χ4v) is 4.70. The summed E-state index contributed by atoms with van der Waals surface area (Å²) >= 11 is 0. The first-order chi connectivity index (χ1) is 16.1. The Balaban J connectivity index is 1.25. The highest BCUT2D eigenvalue weighted by atomic mass is 15.3. The fraction of sp³-hybridized carbons (Fsp3) is 0.385. The van der Waals surface area contributed by atoms with Crippen LogP contribution in [-0.2, 0) is 0 Å². The molecule has 172 valence electrons. The third-order valence-corrected chi connectivity index (χ3v) is 6.77. The smallest absolute Gasteiger partial charge is 0.166 e. The number of nitrogens with one attached hydrogen (secondary N) is 1. The van der Waals surface area contributed by atoms with Crippen LogP contribution in [0.1, 0.15) is 31.7 Å². The molecule has 1 aromatic carbocycles. The lowest BCUT2D eigenvalue weighted by Gasteiger charge is -2.38. The van der Waals surface area contributed by atoms with Crippen LogP contribution in [0.3, 0.4) is 0 Å². The normalized spacial score (nSPS) is 16.5. The van der Waals surface area contributed by atoms with E-state index in [0.717, 1.165) is 74.1 Å². The maximum atomic E-state index is 4.89. The molecule has 2 aliphatic heterocycles. The average Bonchev–Trinajstić information content (AvgIpc) is 3.54. The van der Waals surface area contributed by atoms with Crippen molar-refractivity contribution >= 4 is 28.5 Å². The van der Waals surface area contributed by atoms with Crippen molar-refractivity contribution in [1.29, 1.82) is 0 Å². The Bertz CT molecular complexity index is 1130. The molecule has 0 amide bonds. The number of rotatable bonds is 7. The Morgan fingerprint density at radius 3 is 2.36 bits per heavy atom. The molecule has 1 N–H and O–H groups in total. The first-order valence-corrected chi connectivity index (χ1v) is 12.0. The zero-order valence-electron chi connectivity index (χ0n) is 19.5. The lowest BCUT2D eigenvalue weighted by Crippen LogP contribution is -2.45. The lowest BCUT2D eigenvalue weighted by molar-refractivity contribution is 0.315. The minimum absolute atomic E-state index is 0.801. The van der Waals surface area contributed by atoms with Crippen molar-refractivity contribution in [2.45, 2.75) is 26.2 Å². The van der Waals surface area contributed by atoms with E-state index in [1.807, 2.05) is 23.0 Å². The van der Waals surface area contributed by atoms with Gasteiger partial charge in [-0.3, -0.25) is 0 Å². The van der Waals surface area contributed by atoms with Crippen molar-refractivity contribution in [2.24, 2.45) is 0 Å². The van der Waals surface area contributed by atoms with Crippen molar-refractivity contribution in [3.8, 4) is 0 Å². The molecule has 2 saturated heterocycles. The Morgan fingerprint density at radius 1 is 0.939 bits per heavy atom. The molecule has 0 aliphatic carbocycles. The zero-order chi connectivity index (χ0) is 22.8. The molecule has 0 saturated carbocycles. The minimum Gasteiger partial charge on any atom is -0.372 e. The average molecular weight is 444 g/mol. The number of allylic oxidation sites excluding steroid dienone is 1. The highest BCUT2D eigenvalue weighted by Gasteiger charge is 2.18. The molecule has 33 heavy (non-hydrogen) atoms. The third-order valence-electron chi connectivity index (χ3n) is 6.77. The Hall–Kier alpha value is -3.48. The molecule has 0 spiro atoms. The van der Waals surface area contributed by atoms with Gasteiger partial charge in [-0.1, -0.05) is 20.1 Å². The van der Waals surface area contributed by atoms with E-state index < -0.39 is 0 Å². The summed E-state index contributed by atoms with van der Waals surface area (Å²) in [6, 6.07) is 10.6. The molecule has 3 aromatic rings. The van der Waals surface area contributed by atoms with Gasteiger partial charge in [-0.2, -0.15) is 5.10 Å². The highest BCUT2D eigenvalue weighted by Crippen LogP contribution is 2.26. The van der Waals surface area contributed by atoms with Gasteiger partial charge in [-0.25, -0.2) is 9.50 Å². The predicted molar refractivity (Wildman–Crippen MR) is 137 cm³/mol. The molecule has 0 radical (unpaired) electrons. The van der Waals surface area contributed by atoms with Crippen LogP contribution >= 0.6 is 0 Å². The largest absolute Gasteiger partial charge is 0.372 e.